The summed E-state index contributed by atoms with van der Waals surface area (Å²) in [6, 6.07) is 24.8. The number of aliphatic hydroxyl groups is 1. The topological polar surface area (TPSA) is 138 Å². The SMILES string of the molecule is COC(=O)/C=C/c1cn(C2CC(O)C(COC(c3ccccc3)(c3ccc(OC)cc3)c3ccc(OC)cc3)O2)c(=O)[nH]c1=O. The van der Waals surface area contributed by atoms with Crippen LogP contribution in [0.25, 0.3) is 6.08 Å². The van der Waals surface area contributed by atoms with Crippen molar-refractivity contribution >= 4 is 12.0 Å². The number of H-pyrrole nitrogens is 1. The Morgan fingerprint density at radius 3 is 2.07 bits per heavy atom. The molecule has 11 heteroatoms. The summed E-state index contributed by atoms with van der Waals surface area (Å²) in [5.74, 6) is 0.701. The Labute approximate surface area is 259 Å². The summed E-state index contributed by atoms with van der Waals surface area (Å²) in [6.45, 7) is -0.0577. The van der Waals surface area contributed by atoms with Crippen molar-refractivity contribution in [3.63, 3.8) is 0 Å². The second-order valence-corrected chi connectivity index (χ2v) is 10.4. The largest absolute Gasteiger partial charge is 0.497 e. The van der Waals surface area contributed by atoms with Crippen molar-refractivity contribution in [3.05, 3.63) is 134 Å². The molecule has 3 unspecified atom stereocenters. The molecule has 1 fully saturated rings. The molecule has 2 N–H and O–H groups in total. The number of benzene rings is 3. The molecule has 5 rings (SSSR count). The molecule has 3 atom stereocenters. The van der Waals surface area contributed by atoms with Crippen LogP contribution in [0.3, 0.4) is 0 Å². The van der Waals surface area contributed by atoms with Gasteiger partial charge in [-0.3, -0.25) is 14.3 Å². The molecule has 0 amide bonds. The standard InChI is InChI=1S/C34H34N2O9/c1-41-26-14-10-24(11-15-26)34(23-7-5-4-6-8-23,25-12-16-27(42-2)17-13-25)44-21-29-28(37)19-30(45-29)36-20-22(9-18-31(38)43-3)32(39)35-33(36)40/h4-18,20,28-30,37H,19,21H2,1-3H3,(H,35,39,40)/b18-9+. The number of hydrogen-bond donors (Lipinski definition) is 2. The number of nitrogens with one attached hydrogen (secondary N) is 1. The van der Waals surface area contributed by atoms with Gasteiger partial charge in [-0.05, 0) is 47.0 Å². The maximum absolute atomic E-state index is 12.7. The lowest BCUT2D eigenvalue weighted by Crippen LogP contribution is -2.38. The van der Waals surface area contributed by atoms with Gasteiger partial charge in [0.1, 0.15) is 29.4 Å². The number of rotatable bonds is 11. The summed E-state index contributed by atoms with van der Waals surface area (Å²) in [5.41, 5.74) is -0.0411. The Morgan fingerprint density at radius 2 is 1.51 bits per heavy atom. The molecule has 4 aromatic rings. The summed E-state index contributed by atoms with van der Waals surface area (Å²) in [4.78, 5) is 38.8. The fourth-order valence-corrected chi connectivity index (χ4v) is 5.38. The van der Waals surface area contributed by atoms with Crippen molar-refractivity contribution in [1.29, 1.82) is 0 Å². The molecule has 2 heterocycles. The number of aromatic amines is 1. The van der Waals surface area contributed by atoms with Crippen molar-refractivity contribution in [2.45, 2.75) is 30.5 Å². The van der Waals surface area contributed by atoms with Crippen LogP contribution < -0.4 is 20.7 Å². The molecule has 0 bridgehead atoms. The Kier molecular flexibility index (Phi) is 9.62. The van der Waals surface area contributed by atoms with Crippen LogP contribution >= 0.6 is 0 Å². The van der Waals surface area contributed by atoms with Crippen LogP contribution in [0.2, 0.25) is 0 Å². The Balaban J connectivity index is 1.50. The van der Waals surface area contributed by atoms with E-state index in [9.17, 15) is 19.5 Å². The average Bonchev–Trinajstić information content (AvgIpc) is 3.45. The van der Waals surface area contributed by atoms with Crippen LogP contribution in [-0.4, -0.2) is 60.8 Å². The van der Waals surface area contributed by atoms with Crippen LogP contribution in [0.4, 0.5) is 0 Å². The van der Waals surface area contributed by atoms with Gasteiger partial charge in [0.2, 0.25) is 0 Å². The average molecular weight is 615 g/mol. The van der Waals surface area contributed by atoms with E-state index >= 15 is 0 Å². The quantitative estimate of drug-likeness (QED) is 0.148. The van der Waals surface area contributed by atoms with Crippen LogP contribution in [0.1, 0.15) is 34.9 Å². The van der Waals surface area contributed by atoms with Crippen LogP contribution in [0.15, 0.2) is 101 Å². The van der Waals surface area contributed by atoms with E-state index in [-0.39, 0.29) is 18.6 Å². The number of esters is 1. The van der Waals surface area contributed by atoms with E-state index in [0.29, 0.717) is 11.5 Å². The molecule has 45 heavy (non-hydrogen) atoms. The molecule has 0 saturated carbocycles. The first-order chi connectivity index (χ1) is 21.8. The number of ether oxygens (including phenoxy) is 5. The molecule has 1 aliphatic heterocycles. The number of aromatic nitrogens is 2. The minimum absolute atomic E-state index is 0.0416. The van der Waals surface area contributed by atoms with Crippen LogP contribution in [0, 0.1) is 0 Å². The molecule has 1 aliphatic rings. The van der Waals surface area contributed by atoms with Crippen LogP contribution in [0.5, 0.6) is 11.5 Å². The van der Waals surface area contributed by atoms with Gasteiger partial charge in [-0.2, -0.15) is 0 Å². The van der Waals surface area contributed by atoms with E-state index in [1.165, 1.54) is 23.9 Å². The van der Waals surface area contributed by atoms with Gasteiger partial charge < -0.3 is 28.8 Å². The van der Waals surface area contributed by atoms with E-state index in [4.69, 9.17) is 18.9 Å². The van der Waals surface area contributed by atoms with E-state index in [0.717, 1.165) is 22.8 Å². The molecule has 1 saturated heterocycles. The second kappa shape index (κ2) is 13.8. The van der Waals surface area contributed by atoms with E-state index < -0.39 is 41.3 Å². The number of aliphatic hydroxyl groups excluding tert-OH is 1. The molecular weight excluding hydrogens is 580 g/mol. The van der Waals surface area contributed by atoms with E-state index in [1.807, 2.05) is 78.9 Å². The van der Waals surface area contributed by atoms with Crippen molar-refractivity contribution in [3.8, 4) is 11.5 Å². The van der Waals surface area contributed by atoms with Gasteiger partial charge >= 0.3 is 11.7 Å². The minimum atomic E-state index is -1.14. The van der Waals surface area contributed by atoms with Crippen molar-refractivity contribution in [2.24, 2.45) is 0 Å². The van der Waals surface area contributed by atoms with Gasteiger partial charge in [-0.25, -0.2) is 9.59 Å². The maximum atomic E-state index is 12.7. The maximum Gasteiger partial charge on any atom is 0.330 e. The van der Waals surface area contributed by atoms with Crippen molar-refractivity contribution < 1.29 is 33.6 Å². The Bertz CT molecular complexity index is 1700. The molecule has 1 aromatic heterocycles. The molecule has 234 valence electrons. The predicted molar refractivity (Wildman–Crippen MR) is 165 cm³/mol. The highest BCUT2D eigenvalue weighted by Gasteiger charge is 2.42. The fraction of sp³-hybridized carbons (Fsp3) is 0.265. The van der Waals surface area contributed by atoms with Gasteiger partial charge in [0.05, 0.1) is 39.6 Å². The number of hydrogen-bond acceptors (Lipinski definition) is 9. The number of nitrogens with zero attached hydrogens (tertiary/aromatic N) is 1. The normalized spacial score (nSPS) is 18.2. The minimum Gasteiger partial charge on any atom is -0.497 e. The lowest BCUT2D eigenvalue weighted by Gasteiger charge is -2.37. The Hall–Kier alpha value is -4.97. The molecule has 3 aromatic carbocycles. The number of carbonyl (C=O) groups excluding carboxylic acids is 1. The zero-order valence-corrected chi connectivity index (χ0v) is 25.0. The van der Waals surface area contributed by atoms with Crippen molar-refractivity contribution in [1.82, 2.24) is 9.55 Å². The van der Waals surface area contributed by atoms with E-state index in [2.05, 4.69) is 9.72 Å². The third kappa shape index (κ3) is 6.60. The third-order valence-electron chi connectivity index (χ3n) is 7.75. The van der Waals surface area contributed by atoms with Crippen molar-refractivity contribution in [2.75, 3.05) is 27.9 Å². The molecule has 0 spiro atoms. The Morgan fingerprint density at radius 1 is 0.933 bits per heavy atom. The molecule has 0 aliphatic carbocycles. The first-order valence-electron chi connectivity index (χ1n) is 14.2. The van der Waals surface area contributed by atoms with Crippen LogP contribution in [-0.2, 0) is 24.6 Å². The lowest BCUT2D eigenvalue weighted by molar-refractivity contribution is -0.134. The zero-order valence-electron chi connectivity index (χ0n) is 25.0. The third-order valence-corrected chi connectivity index (χ3v) is 7.75. The smallest absolute Gasteiger partial charge is 0.330 e. The summed E-state index contributed by atoms with van der Waals surface area (Å²) >= 11 is 0. The first-order valence-corrected chi connectivity index (χ1v) is 14.2. The molecule has 11 nitrogen and oxygen atoms in total. The van der Waals surface area contributed by atoms with Gasteiger partial charge in [0.15, 0.2) is 0 Å². The monoisotopic (exact) mass is 614 g/mol. The van der Waals surface area contributed by atoms with Gasteiger partial charge in [0, 0.05) is 18.7 Å². The number of carbonyl (C=O) groups is 1. The summed E-state index contributed by atoms with van der Waals surface area (Å²) in [5, 5.41) is 11.1. The van der Waals surface area contributed by atoms with Gasteiger partial charge in [-0.15, -0.1) is 0 Å². The number of methoxy groups -OCH3 is 3. The summed E-state index contributed by atoms with van der Waals surface area (Å²) < 4.78 is 29.6. The highest BCUT2D eigenvalue weighted by Crippen LogP contribution is 2.42. The fourth-order valence-electron chi connectivity index (χ4n) is 5.38. The highest BCUT2D eigenvalue weighted by atomic mass is 16.6. The van der Waals surface area contributed by atoms with E-state index in [1.54, 1.807) is 14.2 Å². The predicted octanol–water partition coefficient (Wildman–Crippen LogP) is 3.40. The molecular formula is C34H34N2O9. The molecule has 0 radical (unpaired) electrons. The second-order valence-electron chi connectivity index (χ2n) is 10.4. The van der Waals surface area contributed by atoms with Gasteiger partial charge in [-0.1, -0.05) is 54.6 Å². The first kappa shape index (κ1) is 31.5. The summed E-state index contributed by atoms with van der Waals surface area (Å²) in [6.07, 6.45) is 0.919. The van der Waals surface area contributed by atoms with Gasteiger partial charge in [0.25, 0.3) is 5.56 Å². The summed E-state index contributed by atoms with van der Waals surface area (Å²) in [7, 11) is 4.41. The highest BCUT2D eigenvalue weighted by molar-refractivity contribution is 5.86. The zero-order chi connectivity index (χ0) is 32.0. The lowest BCUT2D eigenvalue weighted by atomic mass is 9.80.